The SMILES string of the molecule is COc1ccc(CO[C@H](CO[Si](C)(C)C(C)(C)C)C(C)(C)[C@H]2C[C@@H](C)CC(=O)O2)cc1. The second-order valence-corrected chi connectivity index (χ2v) is 15.9. The third-order valence-corrected chi connectivity index (χ3v) is 11.6. The molecule has 0 radical (unpaired) electrons. The standard InChI is InChI=1S/C25H42O5Si/c1-18-14-21(30-23(26)15-18)25(5,6)22(17-29-31(8,9)24(2,3)4)28-16-19-10-12-20(27-7)13-11-19/h10-13,18,21-22H,14-17H2,1-9H3/t18-,21-,22-/m1/s1. The molecule has 0 saturated carbocycles. The van der Waals surface area contributed by atoms with Crippen LogP contribution in [0.25, 0.3) is 0 Å². The molecule has 31 heavy (non-hydrogen) atoms. The van der Waals surface area contributed by atoms with Crippen LogP contribution in [0.4, 0.5) is 0 Å². The number of carbonyl (C=O) groups is 1. The maximum atomic E-state index is 12.1. The molecule has 0 aromatic heterocycles. The zero-order chi connectivity index (χ0) is 23.4. The highest BCUT2D eigenvalue weighted by molar-refractivity contribution is 6.74. The molecule has 0 spiro atoms. The minimum atomic E-state index is -1.95. The molecule has 0 aliphatic carbocycles. The number of cyclic esters (lactones) is 1. The lowest BCUT2D eigenvalue weighted by molar-refractivity contribution is -0.178. The van der Waals surface area contributed by atoms with Gasteiger partial charge in [0.25, 0.3) is 0 Å². The van der Waals surface area contributed by atoms with Gasteiger partial charge in [0.2, 0.25) is 0 Å². The largest absolute Gasteiger partial charge is 0.497 e. The van der Waals surface area contributed by atoms with Crippen molar-refractivity contribution in [1.82, 2.24) is 0 Å². The van der Waals surface area contributed by atoms with E-state index in [0.29, 0.717) is 25.6 Å². The number of esters is 1. The molecule has 5 nitrogen and oxygen atoms in total. The summed E-state index contributed by atoms with van der Waals surface area (Å²) in [7, 11) is -0.287. The monoisotopic (exact) mass is 450 g/mol. The van der Waals surface area contributed by atoms with Gasteiger partial charge in [0, 0.05) is 11.8 Å². The van der Waals surface area contributed by atoms with E-state index in [0.717, 1.165) is 17.7 Å². The molecule has 2 rings (SSSR count). The van der Waals surface area contributed by atoms with Crippen LogP contribution in [-0.4, -0.2) is 40.2 Å². The van der Waals surface area contributed by atoms with Crippen LogP contribution in [0.2, 0.25) is 18.1 Å². The average molecular weight is 451 g/mol. The summed E-state index contributed by atoms with van der Waals surface area (Å²) in [6, 6.07) is 7.91. The first-order chi connectivity index (χ1) is 14.3. The molecular weight excluding hydrogens is 408 g/mol. The maximum absolute atomic E-state index is 12.1. The molecule has 0 unspecified atom stereocenters. The van der Waals surface area contributed by atoms with Gasteiger partial charge in [0.05, 0.1) is 26.4 Å². The second kappa shape index (κ2) is 10.0. The average Bonchev–Trinajstić information content (AvgIpc) is 2.66. The topological polar surface area (TPSA) is 54.0 Å². The molecule has 6 heteroatoms. The first-order valence-corrected chi connectivity index (χ1v) is 14.2. The molecule has 1 aromatic carbocycles. The van der Waals surface area contributed by atoms with Crippen molar-refractivity contribution in [3.63, 3.8) is 0 Å². The Labute approximate surface area is 189 Å². The zero-order valence-electron chi connectivity index (χ0n) is 20.9. The lowest BCUT2D eigenvalue weighted by Gasteiger charge is -2.44. The summed E-state index contributed by atoms with van der Waals surface area (Å²) >= 11 is 0. The van der Waals surface area contributed by atoms with Gasteiger partial charge in [-0.15, -0.1) is 0 Å². The van der Waals surface area contributed by atoms with Crippen LogP contribution < -0.4 is 4.74 Å². The van der Waals surface area contributed by atoms with Gasteiger partial charge in [0.1, 0.15) is 11.9 Å². The minimum absolute atomic E-state index is 0.115. The van der Waals surface area contributed by atoms with Gasteiger partial charge in [-0.25, -0.2) is 0 Å². The minimum Gasteiger partial charge on any atom is -0.497 e. The fraction of sp³-hybridized carbons (Fsp3) is 0.720. The van der Waals surface area contributed by atoms with Crippen molar-refractivity contribution >= 4 is 14.3 Å². The number of rotatable bonds is 9. The Hall–Kier alpha value is -1.37. The fourth-order valence-corrected chi connectivity index (χ4v) is 4.55. The predicted molar refractivity (Wildman–Crippen MR) is 127 cm³/mol. The van der Waals surface area contributed by atoms with E-state index in [4.69, 9.17) is 18.6 Å². The number of ether oxygens (including phenoxy) is 3. The Kier molecular flexibility index (Phi) is 8.39. The number of hydrogen-bond acceptors (Lipinski definition) is 5. The van der Waals surface area contributed by atoms with Crippen molar-refractivity contribution in [1.29, 1.82) is 0 Å². The highest BCUT2D eigenvalue weighted by Crippen LogP contribution is 2.40. The molecule has 0 N–H and O–H groups in total. The van der Waals surface area contributed by atoms with Crippen LogP contribution in [0, 0.1) is 11.3 Å². The van der Waals surface area contributed by atoms with Crippen molar-refractivity contribution < 1.29 is 23.4 Å². The van der Waals surface area contributed by atoms with E-state index in [-0.39, 0.29) is 28.6 Å². The Morgan fingerprint density at radius 1 is 1.13 bits per heavy atom. The van der Waals surface area contributed by atoms with Gasteiger partial charge in [0.15, 0.2) is 8.32 Å². The summed E-state index contributed by atoms with van der Waals surface area (Å²) in [5.74, 6) is 1.02. The Morgan fingerprint density at radius 3 is 2.26 bits per heavy atom. The van der Waals surface area contributed by atoms with Gasteiger partial charge in [-0.1, -0.05) is 53.7 Å². The van der Waals surface area contributed by atoms with Gasteiger partial charge in [-0.2, -0.15) is 0 Å². The predicted octanol–water partition coefficient (Wildman–Crippen LogP) is 5.97. The lowest BCUT2D eigenvalue weighted by atomic mass is 9.76. The van der Waals surface area contributed by atoms with E-state index < -0.39 is 8.32 Å². The molecule has 1 fully saturated rings. The van der Waals surface area contributed by atoms with E-state index in [1.165, 1.54) is 0 Å². The highest BCUT2D eigenvalue weighted by atomic mass is 28.4. The lowest BCUT2D eigenvalue weighted by Crippen LogP contribution is -2.51. The molecule has 176 valence electrons. The van der Waals surface area contributed by atoms with Crippen LogP contribution in [0.1, 0.15) is 59.9 Å². The van der Waals surface area contributed by atoms with E-state index in [2.05, 4.69) is 54.6 Å². The number of carbonyl (C=O) groups excluding carboxylic acids is 1. The van der Waals surface area contributed by atoms with Crippen LogP contribution in [-0.2, 0) is 25.3 Å². The summed E-state index contributed by atoms with van der Waals surface area (Å²) in [6.07, 6.45) is 0.950. The first-order valence-electron chi connectivity index (χ1n) is 11.3. The first kappa shape index (κ1) is 25.9. The van der Waals surface area contributed by atoms with Crippen molar-refractivity contribution in [2.24, 2.45) is 11.3 Å². The summed E-state index contributed by atoms with van der Waals surface area (Å²) in [5.41, 5.74) is 0.696. The number of benzene rings is 1. The highest BCUT2D eigenvalue weighted by Gasteiger charge is 2.45. The quantitative estimate of drug-likeness (QED) is 0.343. The van der Waals surface area contributed by atoms with Crippen LogP contribution in [0.3, 0.4) is 0 Å². The van der Waals surface area contributed by atoms with E-state index in [1.807, 2.05) is 24.3 Å². The molecular formula is C25H42O5Si. The molecule has 1 aliphatic heterocycles. The van der Waals surface area contributed by atoms with E-state index in [9.17, 15) is 4.79 Å². The molecule has 0 amide bonds. The van der Waals surface area contributed by atoms with Gasteiger partial charge < -0.3 is 18.6 Å². The van der Waals surface area contributed by atoms with Gasteiger partial charge in [-0.05, 0) is 48.2 Å². The summed E-state index contributed by atoms with van der Waals surface area (Å²) in [4.78, 5) is 12.1. The summed E-state index contributed by atoms with van der Waals surface area (Å²) in [6.45, 7) is 18.6. The normalized spacial score (nSPS) is 21.5. The molecule has 1 saturated heterocycles. The second-order valence-electron chi connectivity index (χ2n) is 11.1. The van der Waals surface area contributed by atoms with E-state index in [1.54, 1.807) is 7.11 Å². The molecule has 1 aliphatic rings. The smallest absolute Gasteiger partial charge is 0.306 e. The molecule has 1 heterocycles. The van der Waals surface area contributed by atoms with Crippen LogP contribution in [0.5, 0.6) is 5.75 Å². The van der Waals surface area contributed by atoms with Crippen molar-refractivity contribution in [3.8, 4) is 5.75 Å². The van der Waals surface area contributed by atoms with Crippen molar-refractivity contribution in [2.75, 3.05) is 13.7 Å². The zero-order valence-corrected chi connectivity index (χ0v) is 21.9. The third-order valence-electron chi connectivity index (χ3n) is 7.08. The van der Waals surface area contributed by atoms with Crippen LogP contribution in [0.15, 0.2) is 24.3 Å². The molecule has 3 atom stereocenters. The molecule has 1 aromatic rings. The Morgan fingerprint density at radius 2 is 1.74 bits per heavy atom. The maximum Gasteiger partial charge on any atom is 0.306 e. The Bertz CT molecular complexity index is 720. The summed E-state index contributed by atoms with van der Waals surface area (Å²) in [5, 5.41) is 0.115. The van der Waals surface area contributed by atoms with Crippen LogP contribution >= 0.6 is 0 Å². The summed E-state index contributed by atoms with van der Waals surface area (Å²) < 4.78 is 24.1. The third kappa shape index (κ3) is 6.80. The van der Waals surface area contributed by atoms with Gasteiger partial charge in [-0.3, -0.25) is 4.79 Å². The molecule has 0 bridgehead atoms. The Balaban J connectivity index is 2.19. The number of methoxy groups -OCH3 is 1. The fourth-order valence-electron chi connectivity index (χ4n) is 3.55. The van der Waals surface area contributed by atoms with Gasteiger partial charge >= 0.3 is 5.97 Å². The number of hydrogen-bond donors (Lipinski definition) is 0. The van der Waals surface area contributed by atoms with Crippen molar-refractivity contribution in [3.05, 3.63) is 29.8 Å². The van der Waals surface area contributed by atoms with Crippen molar-refractivity contribution in [2.45, 2.75) is 91.3 Å². The van der Waals surface area contributed by atoms with E-state index >= 15 is 0 Å².